The molecule has 0 saturated carbocycles. The topological polar surface area (TPSA) is 58.9 Å². The largest absolute Gasteiger partial charge is 0.394 e. The first-order valence-corrected chi connectivity index (χ1v) is 21.9. The van der Waals surface area contributed by atoms with Crippen LogP contribution in [0.5, 0.6) is 0 Å². The van der Waals surface area contributed by atoms with Crippen LogP contribution in [0.4, 0.5) is 0 Å². The number of ether oxygens (including phenoxy) is 2. The number of aliphatic hydroxyl groups excluding tert-OH is 2. The minimum absolute atomic E-state index is 0.0641. The van der Waals surface area contributed by atoms with E-state index in [1.165, 1.54) is 135 Å². The summed E-state index contributed by atoms with van der Waals surface area (Å²) < 4.78 is 12.6. The van der Waals surface area contributed by atoms with Gasteiger partial charge in [-0.25, -0.2) is 0 Å². The molecule has 1 heterocycles. The van der Waals surface area contributed by atoms with E-state index in [0.717, 1.165) is 25.7 Å². The lowest BCUT2D eigenvalue weighted by molar-refractivity contribution is -0.177. The van der Waals surface area contributed by atoms with Crippen LogP contribution in [0, 0.1) is 0 Å². The number of hydrogen-bond donors (Lipinski definition) is 2. The van der Waals surface area contributed by atoms with E-state index in [1.807, 2.05) is 20.8 Å². The fourth-order valence-corrected chi connectivity index (χ4v) is 5.95. The summed E-state index contributed by atoms with van der Waals surface area (Å²) in [6.45, 7) is 10.9. The molecule has 1 saturated heterocycles. The molecule has 1 aliphatic heterocycles. The van der Waals surface area contributed by atoms with Crippen molar-refractivity contribution in [1.82, 2.24) is 0 Å². The van der Waals surface area contributed by atoms with Crippen LogP contribution in [0.3, 0.4) is 0 Å². The summed E-state index contributed by atoms with van der Waals surface area (Å²) in [5.74, 6) is 0.162. The molecule has 3 unspecified atom stereocenters. The van der Waals surface area contributed by atoms with E-state index >= 15 is 0 Å². The monoisotopic (exact) mass is 725 g/mol. The Morgan fingerprint density at radius 2 is 0.980 bits per heavy atom. The second kappa shape index (κ2) is 42.5. The van der Waals surface area contributed by atoms with Gasteiger partial charge in [0.25, 0.3) is 0 Å². The number of allylic oxidation sites excluding steroid dienone is 8. The number of hydrogen-bond acceptors (Lipinski definition) is 4. The maximum atomic E-state index is 8.42. The summed E-state index contributed by atoms with van der Waals surface area (Å²) in [5, 5.41) is 16.5. The maximum absolute atomic E-state index is 8.42. The molecular formula is C45H85ClO4. The van der Waals surface area contributed by atoms with Gasteiger partial charge >= 0.3 is 0 Å². The lowest BCUT2D eigenvalue weighted by Crippen LogP contribution is -2.31. The van der Waals surface area contributed by atoms with E-state index in [9.17, 15) is 0 Å². The normalized spacial score (nSPS) is 18.3. The Balaban J connectivity index is 0. The van der Waals surface area contributed by atoms with Gasteiger partial charge in [0.15, 0.2) is 5.79 Å². The van der Waals surface area contributed by atoms with Crippen LogP contribution < -0.4 is 0 Å². The molecule has 4 nitrogen and oxygen atoms in total. The molecule has 2 N–H and O–H groups in total. The highest BCUT2D eigenvalue weighted by atomic mass is 35.5. The second-order valence-corrected chi connectivity index (χ2v) is 14.0. The first-order chi connectivity index (χ1) is 24.6. The van der Waals surface area contributed by atoms with Crippen LogP contribution in [0.1, 0.15) is 202 Å². The summed E-state index contributed by atoms with van der Waals surface area (Å²) in [6, 6.07) is 0. The molecule has 1 aliphatic rings. The summed E-state index contributed by atoms with van der Waals surface area (Å²) in [6.07, 6.45) is 50.2. The Morgan fingerprint density at radius 3 is 1.30 bits per heavy atom. The van der Waals surface area contributed by atoms with Gasteiger partial charge < -0.3 is 19.7 Å². The van der Waals surface area contributed by atoms with Crippen LogP contribution in [-0.4, -0.2) is 47.3 Å². The van der Waals surface area contributed by atoms with Gasteiger partial charge in [0.2, 0.25) is 0 Å². The van der Waals surface area contributed by atoms with Gasteiger partial charge in [-0.15, -0.1) is 11.6 Å². The van der Waals surface area contributed by atoms with Crippen molar-refractivity contribution in [2.24, 2.45) is 0 Å². The zero-order valence-electron chi connectivity index (χ0n) is 33.9. The van der Waals surface area contributed by atoms with Crippen molar-refractivity contribution >= 4 is 11.6 Å². The Bertz CT molecular complexity index is 760. The van der Waals surface area contributed by atoms with Gasteiger partial charge in [-0.3, -0.25) is 0 Å². The third-order valence-corrected chi connectivity index (χ3v) is 9.38. The average molecular weight is 726 g/mol. The van der Waals surface area contributed by atoms with Crippen LogP contribution in [-0.2, 0) is 9.47 Å². The molecule has 0 aromatic carbocycles. The molecule has 0 spiro atoms. The van der Waals surface area contributed by atoms with E-state index < -0.39 is 6.10 Å². The van der Waals surface area contributed by atoms with Crippen molar-refractivity contribution in [3.05, 3.63) is 48.6 Å². The van der Waals surface area contributed by atoms with Crippen LogP contribution in [0.15, 0.2) is 48.6 Å². The molecule has 1 fully saturated rings. The molecule has 296 valence electrons. The zero-order valence-corrected chi connectivity index (χ0v) is 34.6. The Morgan fingerprint density at radius 1 is 0.600 bits per heavy atom. The van der Waals surface area contributed by atoms with E-state index in [2.05, 4.69) is 62.5 Å². The molecule has 0 amide bonds. The molecule has 50 heavy (non-hydrogen) atoms. The lowest BCUT2D eigenvalue weighted by Gasteiger charge is -2.28. The number of unbranched alkanes of at least 4 members (excludes halogenated alkanes) is 17. The third-order valence-electron chi connectivity index (χ3n) is 9.03. The summed E-state index contributed by atoms with van der Waals surface area (Å²) in [5.41, 5.74) is 0. The zero-order chi connectivity index (χ0) is 37.2. The van der Waals surface area contributed by atoms with Gasteiger partial charge in [0.1, 0.15) is 0 Å². The molecule has 0 aliphatic carbocycles. The highest BCUT2D eigenvalue weighted by molar-refractivity contribution is 6.18. The first-order valence-electron chi connectivity index (χ1n) is 21.3. The molecular weight excluding hydrogens is 640 g/mol. The summed E-state index contributed by atoms with van der Waals surface area (Å²) >= 11 is 6.11. The maximum Gasteiger partial charge on any atom is 0.168 e. The number of alkyl halides is 1. The average Bonchev–Trinajstić information content (AvgIpc) is 3.57. The van der Waals surface area contributed by atoms with Crippen LogP contribution >= 0.6 is 11.6 Å². The van der Waals surface area contributed by atoms with E-state index in [4.69, 9.17) is 31.3 Å². The van der Waals surface area contributed by atoms with Crippen molar-refractivity contribution in [1.29, 1.82) is 0 Å². The highest BCUT2D eigenvalue weighted by Gasteiger charge is 2.40. The van der Waals surface area contributed by atoms with Crippen molar-refractivity contribution < 1.29 is 19.7 Å². The standard InChI is InChI=1S/C39H69ClO2.C4H10O2.C2H6/c1-3-5-7-9-11-13-15-17-19-21-23-25-27-29-31-33-35-39(41-37-38(36-40)42-39)34-32-30-28-26-24-22-20-18-16-14-12-10-8-6-4-2;1-2-4(6)3-5;1-2/h11-14,17-20,38H,3-10,15-16,21-37H2,1-2H3;4-6H,2-3H2,1H3;1-2H3/b13-11-,14-12-,19-17-,20-18-;;. The minimum atomic E-state index is -0.509. The molecule has 1 rings (SSSR count). The summed E-state index contributed by atoms with van der Waals surface area (Å²) in [7, 11) is 0. The molecule has 3 atom stereocenters. The molecule has 0 bridgehead atoms. The number of rotatable bonds is 32. The van der Waals surface area contributed by atoms with Crippen LogP contribution in [0.25, 0.3) is 0 Å². The van der Waals surface area contributed by atoms with Crippen LogP contribution in [0.2, 0.25) is 0 Å². The fraction of sp³-hybridized carbons (Fsp3) is 0.822. The molecule has 0 radical (unpaired) electrons. The third kappa shape index (κ3) is 35.5. The van der Waals surface area contributed by atoms with Crippen molar-refractivity contribution in [2.45, 2.75) is 220 Å². The smallest absolute Gasteiger partial charge is 0.168 e. The summed E-state index contributed by atoms with van der Waals surface area (Å²) in [4.78, 5) is 0. The Kier molecular flexibility index (Phi) is 43.5. The van der Waals surface area contributed by atoms with Crippen molar-refractivity contribution in [2.75, 3.05) is 19.1 Å². The Hall–Kier alpha value is -0.910. The fourth-order valence-electron chi connectivity index (χ4n) is 5.80. The van der Waals surface area contributed by atoms with Crippen molar-refractivity contribution in [3.63, 3.8) is 0 Å². The number of halogens is 1. The van der Waals surface area contributed by atoms with Gasteiger partial charge in [0.05, 0.1) is 31.3 Å². The van der Waals surface area contributed by atoms with Gasteiger partial charge in [-0.1, -0.05) is 154 Å². The van der Waals surface area contributed by atoms with Gasteiger partial charge in [-0.05, 0) is 83.5 Å². The predicted octanol–water partition coefficient (Wildman–Crippen LogP) is 14.1. The molecule has 0 aromatic rings. The minimum Gasteiger partial charge on any atom is -0.394 e. The second-order valence-electron chi connectivity index (χ2n) is 13.7. The predicted molar refractivity (Wildman–Crippen MR) is 222 cm³/mol. The quantitative estimate of drug-likeness (QED) is 0.0412. The first kappa shape index (κ1) is 51.2. The molecule has 5 heteroatoms. The highest BCUT2D eigenvalue weighted by Crippen LogP contribution is 2.35. The SMILES string of the molecule is CC.CCC(O)CO.CCCCC/C=C\C/C=C\CCCCCCCCC1(CCCCCCC/C=C\C/C=C\CCCCC)OCC(CCl)O1. The molecule has 0 aromatic heterocycles. The van der Waals surface area contributed by atoms with Gasteiger partial charge in [0, 0.05) is 12.8 Å². The van der Waals surface area contributed by atoms with Crippen molar-refractivity contribution in [3.8, 4) is 0 Å². The lowest BCUT2D eigenvalue weighted by atomic mass is 9.99. The Labute approximate surface area is 317 Å². The van der Waals surface area contributed by atoms with E-state index in [1.54, 1.807) is 0 Å². The number of aliphatic hydroxyl groups is 2. The van der Waals surface area contributed by atoms with E-state index in [0.29, 0.717) is 18.9 Å². The van der Waals surface area contributed by atoms with Gasteiger partial charge in [-0.2, -0.15) is 0 Å². The van der Waals surface area contributed by atoms with E-state index in [-0.39, 0.29) is 18.5 Å².